The van der Waals surface area contributed by atoms with Crippen LogP contribution in [0.15, 0.2) is 24.3 Å². The summed E-state index contributed by atoms with van der Waals surface area (Å²) < 4.78 is 11.4. The lowest BCUT2D eigenvalue weighted by molar-refractivity contribution is 0.0613. The van der Waals surface area contributed by atoms with Gasteiger partial charge in [-0.3, -0.25) is 0 Å². The van der Waals surface area contributed by atoms with E-state index in [1.807, 2.05) is 19.1 Å². The van der Waals surface area contributed by atoms with Crippen LogP contribution < -0.4 is 15.0 Å². The number of hydrogen-bond acceptors (Lipinski definition) is 5. The lowest BCUT2D eigenvalue weighted by Gasteiger charge is -2.34. The highest BCUT2D eigenvalue weighted by atomic mass is 16.6. The number of carbonyl (C=O) groups is 1. The molecule has 6 nitrogen and oxygen atoms in total. The normalized spacial score (nSPS) is 21.5. The minimum Gasteiger partial charge on any atom is -0.486 e. The zero-order valence-electron chi connectivity index (χ0n) is 14.4. The maximum Gasteiger partial charge on any atom is 0.409 e. The van der Waals surface area contributed by atoms with E-state index in [2.05, 4.69) is 22.3 Å². The van der Waals surface area contributed by atoms with Gasteiger partial charge < -0.3 is 24.6 Å². The van der Waals surface area contributed by atoms with Crippen LogP contribution in [0.3, 0.4) is 0 Å². The van der Waals surface area contributed by atoms with E-state index in [1.165, 1.54) is 0 Å². The summed E-state index contributed by atoms with van der Waals surface area (Å²) in [5.74, 6) is 0.912. The van der Waals surface area contributed by atoms with Gasteiger partial charge >= 0.3 is 6.09 Å². The average molecular weight is 333 g/mol. The lowest BCUT2D eigenvalue weighted by Crippen LogP contribution is -2.45. The van der Waals surface area contributed by atoms with Crippen LogP contribution in [0.1, 0.15) is 19.8 Å². The summed E-state index contributed by atoms with van der Waals surface area (Å²) in [6, 6.07) is 8.20. The number of nitrogens with one attached hydrogen (secondary N) is 1. The molecule has 2 aliphatic rings. The number of amides is 1. The maximum atomic E-state index is 11.9. The summed E-state index contributed by atoms with van der Waals surface area (Å²) in [6.45, 7) is 7.54. The molecule has 2 heterocycles. The minimum atomic E-state index is -0.235. The Morgan fingerprint density at radius 3 is 2.83 bits per heavy atom. The molecule has 0 bridgehead atoms. The fourth-order valence-corrected chi connectivity index (χ4v) is 3.32. The molecule has 1 atom stereocenters. The Labute approximate surface area is 143 Å². The van der Waals surface area contributed by atoms with Crippen molar-refractivity contribution in [3.05, 3.63) is 24.3 Å². The summed E-state index contributed by atoms with van der Waals surface area (Å²) in [6.07, 6.45) is 1.69. The van der Waals surface area contributed by atoms with Crippen LogP contribution in [0.5, 0.6) is 5.75 Å². The quantitative estimate of drug-likeness (QED) is 0.914. The van der Waals surface area contributed by atoms with Crippen molar-refractivity contribution >= 4 is 11.8 Å². The van der Waals surface area contributed by atoms with Crippen molar-refractivity contribution < 1.29 is 14.3 Å². The second kappa shape index (κ2) is 8.24. The first-order valence-corrected chi connectivity index (χ1v) is 8.91. The summed E-state index contributed by atoms with van der Waals surface area (Å²) in [7, 11) is 0. The monoisotopic (exact) mass is 333 g/mol. The lowest BCUT2D eigenvalue weighted by atomic mass is 10.1. The molecule has 1 aromatic rings. The van der Waals surface area contributed by atoms with Crippen LogP contribution in [-0.4, -0.2) is 63.0 Å². The zero-order chi connectivity index (χ0) is 16.8. The molecule has 3 rings (SSSR count). The Morgan fingerprint density at radius 1 is 1.25 bits per heavy atom. The standard InChI is InChI=1S/C18H27N3O3/c1-2-23-18(22)21-11-5-6-15(14-21)24-17-8-4-3-7-16(17)20-12-9-19-10-13-20/h3-4,7-8,15,19H,2,5-6,9-14H2,1H3. The number of ether oxygens (including phenoxy) is 2. The predicted octanol–water partition coefficient (Wildman–Crippen LogP) is 2.10. The molecule has 1 amide bonds. The molecule has 132 valence electrons. The van der Waals surface area contributed by atoms with Crippen molar-refractivity contribution in [2.24, 2.45) is 0 Å². The molecule has 24 heavy (non-hydrogen) atoms. The summed E-state index contributed by atoms with van der Waals surface area (Å²) in [5.41, 5.74) is 1.15. The number of likely N-dealkylation sites (tertiary alicyclic amines) is 1. The van der Waals surface area contributed by atoms with Gasteiger partial charge in [0.15, 0.2) is 0 Å². The number of benzene rings is 1. The molecule has 1 unspecified atom stereocenters. The van der Waals surface area contributed by atoms with Gasteiger partial charge in [-0.05, 0) is 31.9 Å². The van der Waals surface area contributed by atoms with Gasteiger partial charge in [-0.15, -0.1) is 0 Å². The fraction of sp³-hybridized carbons (Fsp3) is 0.611. The van der Waals surface area contributed by atoms with E-state index in [1.54, 1.807) is 4.90 Å². The van der Waals surface area contributed by atoms with Gasteiger partial charge in [-0.1, -0.05) is 12.1 Å². The van der Waals surface area contributed by atoms with Gasteiger partial charge in [0.25, 0.3) is 0 Å². The third kappa shape index (κ3) is 4.12. The van der Waals surface area contributed by atoms with E-state index in [-0.39, 0.29) is 12.2 Å². The maximum absolute atomic E-state index is 11.9. The van der Waals surface area contributed by atoms with Crippen molar-refractivity contribution in [3.8, 4) is 5.75 Å². The van der Waals surface area contributed by atoms with Gasteiger partial charge in [0.2, 0.25) is 0 Å². The van der Waals surface area contributed by atoms with Crippen molar-refractivity contribution in [2.75, 3.05) is 50.8 Å². The SMILES string of the molecule is CCOC(=O)N1CCCC(Oc2ccccc2N2CCNCC2)C1. The Hall–Kier alpha value is -1.95. The number of rotatable bonds is 4. The first-order chi connectivity index (χ1) is 11.8. The Morgan fingerprint density at radius 2 is 2.04 bits per heavy atom. The van der Waals surface area contributed by atoms with Crippen LogP contribution >= 0.6 is 0 Å². The highest BCUT2D eigenvalue weighted by Crippen LogP contribution is 2.30. The third-order valence-corrected chi connectivity index (χ3v) is 4.52. The zero-order valence-corrected chi connectivity index (χ0v) is 14.4. The smallest absolute Gasteiger partial charge is 0.409 e. The second-order valence-electron chi connectivity index (χ2n) is 6.23. The van der Waals surface area contributed by atoms with Crippen LogP contribution in [0.2, 0.25) is 0 Å². The van der Waals surface area contributed by atoms with Crippen LogP contribution in [0.25, 0.3) is 0 Å². The number of piperazine rings is 1. The first-order valence-electron chi connectivity index (χ1n) is 8.91. The van der Waals surface area contributed by atoms with Gasteiger partial charge in [0.1, 0.15) is 11.9 Å². The molecule has 0 spiro atoms. The summed E-state index contributed by atoms with van der Waals surface area (Å²) in [4.78, 5) is 16.1. The molecule has 6 heteroatoms. The van der Waals surface area contributed by atoms with Crippen LogP contribution in [0.4, 0.5) is 10.5 Å². The highest BCUT2D eigenvalue weighted by molar-refractivity contribution is 5.67. The van der Waals surface area contributed by atoms with Crippen molar-refractivity contribution in [1.82, 2.24) is 10.2 Å². The Kier molecular flexibility index (Phi) is 5.80. The van der Waals surface area contributed by atoms with Gasteiger partial charge in [-0.25, -0.2) is 4.79 Å². The number of carbonyl (C=O) groups excluding carboxylic acids is 1. The molecule has 1 aromatic carbocycles. The molecular formula is C18H27N3O3. The molecule has 2 aliphatic heterocycles. The molecule has 0 aromatic heterocycles. The van der Waals surface area contributed by atoms with E-state index in [0.717, 1.165) is 57.0 Å². The summed E-state index contributed by atoms with van der Waals surface area (Å²) >= 11 is 0. The van der Waals surface area contributed by atoms with Crippen LogP contribution in [-0.2, 0) is 4.74 Å². The molecule has 2 saturated heterocycles. The van der Waals surface area contributed by atoms with Gasteiger partial charge in [0, 0.05) is 32.7 Å². The first kappa shape index (κ1) is 16.9. The van der Waals surface area contributed by atoms with E-state index in [4.69, 9.17) is 9.47 Å². The van der Waals surface area contributed by atoms with Crippen molar-refractivity contribution in [2.45, 2.75) is 25.9 Å². The second-order valence-corrected chi connectivity index (χ2v) is 6.23. The van der Waals surface area contributed by atoms with Crippen molar-refractivity contribution in [3.63, 3.8) is 0 Å². The van der Waals surface area contributed by atoms with Gasteiger partial charge in [0.05, 0.1) is 18.8 Å². The Bertz CT molecular complexity index is 546. The number of anilines is 1. The third-order valence-electron chi connectivity index (χ3n) is 4.52. The van der Waals surface area contributed by atoms with Crippen molar-refractivity contribution in [1.29, 1.82) is 0 Å². The predicted molar refractivity (Wildman–Crippen MR) is 93.8 cm³/mol. The largest absolute Gasteiger partial charge is 0.486 e. The summed E-state index contributed by atoms with van der Waals surface area (Å²) in [5, 5.41) is 3.38. The topological polar surface area (TPSA) is 54.0 Å². The number of hydrogen-bond donors (Lipinski definition) is 1. The van der Waals surface area contributed by atoms with Gasteiger partial charge in [-0.2, -0.15) is 0 Å². The minimum absolute atomic E-state index is 0.0206. The Balaban J connectivity index is 1.66. The fourth-order valence-electron chi connectivity index (χ4n) is 3.32. The number of piperidine rings is 1. The molecule has 0 radical (unpaired) electrons. The molecule has 1 N–H and O–H groups in total. The number of nitrogens with zero attached hydrogens (tertiary/aromatic N) is 2. The average Bonchev–Trinajstić information content (AvgIpc) is 2.63. The molecule has 2 fully saturated rings. The number of para-hydroxylation sites is 2. The highest BCUT2D eigenvalue weighted by Gasteiger charge is 2.26. The molecule has 0 saturated carbocycles. The molecular weight excluding hydrogens is 306 g/mol. The van der Waals surface area contributed by atoms with Crippen LogP contribution in [0, 0.1) is 0 Å². The van der Waals surface area contributed by atoms with E-state index >= 15 is 0 Å². The van der Waals surface area contributed by atoms with E-state index < -0.39 is 0 Å². The van der Waals surface area contributed by atoms with E-state index in [0.29, 0.717) is 13.2 Å². The van der Waals surface area contributed by atoms with E-state index in [9.17, 15) is 4.79 Å². The molecule has 0 aliphatic carbocycles.